The lowest BCUT2D eigenvalue weighted by atomic mass is 9.98. The summed E-state index contributed by atoms with van der Waals surface area (Å²) >= 11 is 4.93. The zero-order chi connectivity index (χ0) is 14.0. The van der Waals surface area contributed by atoms with E-state index in [0.717, 1.165) is 22.3 Å². The number of benzene rings is 1. The second-order valence-electron chi connectivity index (χ2n) is 4.77. The number of amides is 1. The van der Waals surface area contributed by atoms with Gasteiger partial charge in [0.2, 0.25) is 0 Å². The van der Waals surface area contributed by atoms with Gasteiger partial charge in [-0.05, 0) is 38.8 Å². The van der Waals surface area contributed by atoms with Crippen molar-refractivity contribution in [3.63, 3.8) is 0 Å². The first-order chi connectivity index (χ1) is 8.25. The molecule has 1 aromatic carbocycles. The Kier molecular flexibility index (Phi) is 4.46. The van der Waals surface area contributed by atoms with E-state index in [1.54, 1.807) is 11.9 Å². The van der Waals surface area contributed by atoms with Crippen LogP contribution in [0.3, 0.4) is 0 Å². The van der Waals surface area contributed by atoms with E-state index in [-0.39, 0.29) is 11.9 Å². The largest absolute Gasteiger partial charge is 0.392 e. The molecule has 0 aliphatic rings. The van der Waals surface area contributed by atoms with E-state index in [2.05, 4.69) is 0 Å². The standard InChI is InChI=1S/C14H20N2OS/c1-8-6-9(2)12(10(3)7-8)14(17)16(5)11(4)13(15)18/h6-7,11H,1-5H3,(H2,15,18). The maximum Gasteiger partial charge on any atom is 0.254 e. The smallest absolute Gasteiger partial charge is 0.254 e. The van der Waals surface area contributed by atoms with Gasteiger partial charge < -0.3 is 10.6 Å². The molecule has 4 heteroatoms. The summed E-state index contributed by atoms with van der Waals surface area (Å²) in [4.78, 5) is 14.4. The maximum atomic E-state index is 12.5. The van der Waals surface area contributed by atoms with Crippen molar-refractivity contribution in [2.24, 2.45) is 5.73 Å². The first-order valence-corrected chi connectivity index (χ1v) is 6.30. The number of thiocarbonyl (C=S) groups is 1. The van der Waals surface area contributed by atoms with Gasteiger partial charge >= 0.3 is 0 Å². The van der Waals surface area contributed by atoms with Crippen molar-refractivity contribution in [3.8, 4) is 0 Å². The molecular weight excluding hydrogens is 244 g/mol. The minimum absolute atomic E-state index is 0.0368. The summed E-state index contributed by atoms with van der Waals surface area (Å²) in [5.41, 5.74) is 9.46. The zero-order valence-electron chi connectivity index (χ0n) is 11.6. The van der Waals surface area contributed by atoms with Crippen molar-refractivity contribution < 1.29 is 4.79 Å². The van der Waals surface area contributed by atoms with Crippen LogP contribution in [-0.2, 0) is 0 Å². The van der Waals surface area contributed by atoms with Crippen molar-refractivity contribution in [2.45, 2.75) is 33.7 Å². The molecule has 0 fully saturated rings. The molecule has 1 aromatic rings. The molecule has 18 heavy (non-hydrogen) atoms. The number of likely N-dealkylation sites (N-methyl/N-ethyl adjacent to an activating group) is 1. The van der Waals surface area contributed by atoms with Gasteiger partial charge in [0.25, 0.3) is 5.91 Å². The molecule has 0 aromatic heterocycles. The average Bonchev–Trinajstić information content (AvgIpc) is 2.25. The number of hydrogen-bond donors (Lipinski definition) is 1. The van der Waals surface area contributed by atoms with Crippen molar-refractivity contribution in [1.29, 1.82) is 0 Å². The lowest BCUT2D eigenvalue weighted by molar-refractivity contribution is 0.0777. The van der Waals surface area contributed by atoms with Crippen LogP contribution >= 0.6 is 12.2 Å². The number of carbonyl (C=O) groups is 1. The third-order valence-corrected chi connectivity index (χ3v) is 3.55. The zero-order valence-corrected chi connectivity index (χ0v) is 12.4. The van der Waals surface area contributed by atoms with E-state index < -0.39 is 0 Å². The van der Waals surface area contributed by atoms with Gasteiger partial charge in [0.1, 0.15) is 0 Å². The predicted molar refractivity (Wildman–Crippen MR) is 79.0 cm³/mol. The van der Waals surface area contributed by atoms with Crippen molar-refractivity contribution >= 4 is 23.1 Å². The summed E-state index contributed by atoms with van der Waals surface area (Å²) in [5, 5.41) is 0. The van der Waals surface area contributed by atoms with Gasteiger partial charge in [-0.3, -0.25) is 4.79 Å². The summed E-state index contributed by atoms with van der Waals surface area (Å²) in [6.07, 6.45) is 0. The van der Waals surface area contributed by atoms with Crippen LogP contribution in [0.15, 0.2) is 12.1 Å². The second kappa shape index (κ2) is 5.48. The number of carbonyl (C=O) groups excluding carboxylic acids is 1. The second-order valence-corrected chi connectivity index (χ2v) is 5.24. The van der Waals surface area contributed by atoms with Gasteiger partial charge in [-0.2, -0.15) is 0 Å². The normalized spacial score (nSPS) is 12.1. The Morgan fingerprint density at radius 3 is 2.11 bits per heavy atom. The van der Waals surface area contributed by atoms with Gasteiger partial charge in [0.15, 0.2) is 0 Å². The molecular formula is C14H20N2OS. The Bertz CT molecular complexity index is 474. The third kappa shape index (κ3) is 2.88. The highest BCUT2D eigenvalue weighted by Gasteiger charge is 2.22. The molecule has 0 radical (unpaired) electrons. The molecule has 2 N–H and O–H groups in total. The fraction of sp³-hybridized carbons (Fsp3) is 0.429. The summed E-state index contributed by atoms with van der Waals surface area (Å²) in [7, 11) is 1.73. The molecule has 0 bridgehead atoms. The highest BCUT2D eigenvalue weighted by Crippen LogP contribution is 2.18. The molecule has 0 aliphatic carbocycles. The monoisotopic (exact) mass is 264 g/mol. The number of hydrogen-bond acceptors (Lipinski definition) is 2. The SMILES string of the molecule is Cc1cc(C)c(C(=O)N(C)C(C)C(N)=S)c(C)c1. The highest BCUT2D eigenvalue weighted by atomic mass is 32.1. The molecule has 0 heterocycles. The van der Waals surface area contributed by atoms with Crippen LogP contribution in [0, 0.1) is 20.8 Å². The Morgan fingerprint density at radius 2 is 1.72 bits per heavy atom. The molecule has 1 atom stereocenters. The summed E-state index contributed by atoms with van der Waals surface area (Å²) in [6.45, 7) is 7.76. The van der Waals surface area contributed by atoms with Crippen LogP contribution in [0.5, 0.6) is 0 Å². The first-order valence-electron chi connectivity index (χ1n) is 5.90. The fourth-order valence-electron chi connectivity index (χ4n) is 2.06. The number of rotatable bonds is 3. The lowest BCUT2D eigenvalue weighted by Crippen LogP contribution is -2.43. The van der Waals surface area contributed by atoms with E-state index in [9.17, 15) is 4.79 Å². The van der Waals surface area contributed by atoms with Gasteiger partial charge in [-0.25, -0.2) is 0 Å². The molecule has 0 aliphatic heterocycles. The molecule has 98 valence electrons. The predicted octanol–water partition coefficient (Wildman–Crippen LogP) is 2.36. The lowest BCUT2D eigenvalue weighted by Gasteiger charge is -2.25. The molecule has 0 spiro atoms. The quantitative estimate of drug-likeness (QED) is 0.853. The minimum Gasteiger partial charge on any atom is -0.392 e. The van der Waals surface area contributed by atoms with Crippen molar-refractivity contribution in [2.75, 3.05) is 7.05 Å². The van der Waals surface area contributed by atoms with Crippen LogP contribution in [0.25, 0.3) is 0 Å². The Morgan fingerprint density at radius 1 is 1.28 bits per heavy atom. The number of nitrogens with zero attached hydrogens (tertiary/aromatic N) is 1. The molecule has 1 rings (SSSR count). The fourth-order valence-corrected chi connectivity index (χ4v) is 2.22. The third-order valence-electron chi connectivity index (χ3n) is 3.20. The van der Waals surface area contributed by atoms with Crippen LogP contribution in [-0.4, -0.2) is 28.9 Å². The van der Waals surface area contributed by atoms with Crippen LogP contribution in [0.4, 0.5) is 0 Å². The van der Waals surface area contributed by atoms with Gasteiger partial charge in [0.05, 0.1) is 11.0 Å². The van der Waals surface area contributed by atoms with Crippen LogP contribution < -0.4 is 5.73 Å². The summed E-state index contributed by atoms with van der Waals surface area (Å²) < 4.78 is 0. The topological polar surface area (TPSA) is 46.3 Å². The van der Waals surface area contributed by atoms with E-state index in [1.165, 1.54) is 0 Å². The summed E-state index contributed by atoms with van der Waals surface area (Å²) in [5.74, 6) is -0.0368. The first kappa shape index (κ1) is 14.6. The Balaban J connectivity index is 3.16. The van der Waals surface area contributed by atoms with E-state index >= 15 is 0 Å². The molecule has 1 unspecified atom stereocenters. The van der Waals surface area contributed by atoms with E-state index in [1.807, 2.05) is 39.8 Å². The number of aryl methyl sites for hydroxylation is 3. The van der Waals surface area contributed by atoms with Gasteiger partial charge in [0, 0.05) is 12.6 Å². The summed E-state index contributed by atoms with van der Waals surface area (Å²) in [6, 6.07) is 3.78. The van der Waals surface area contributed by atoms with Crippen LogP contribution in [0.2, 0.25) is 0 Å². The molecule has 0 saturated heterocycles. The van der Waals surface area contributed by atoms with Gasteiger partial charge in [-0.15, -0.1) is 0 Å². The Hall–Kier alpha value is -1.42. The van der Waals surface area contributed by atoms with Crippen LogP contribution in [0.1, 0.15) is 34.0 Å². The molecule has 3 nitrogen and oxygen atoms in total. The highest BCUT2D eigenvalue weighted by molar-refractivity contribution is 7.80. The minimum atomic E-state index is -0.243. The molecule has 0 saturated carbocycles. The van der Waals surface area contributed by atoms with Crippen molar-refractivity contribution in [3.05, 3.63) is 34.4 Å². The van der Waals surface area contributed by atoms with E-state index in [0.29, 0.717) is 4.99 Å². The average molecular weight is 264 g/mol. The Labute approximate surface area is 114 Å². The van der Waals surface area contributed by atoms with E-state index in [4.69, 9.17) is 18.0 Å². The molecule has 1 amide bonds. The van der Waals surface area contributed by atoms with Gasteiger partial charge in [-0.1, -0.05) is 29.9 Å². The van der Waals surface area contributed by atoms with Crippen molar-refractivity contribution in [1.82, 2.24) is 4.90 Å². The maximum absolute atomic E-state index is 12.5. The number of nitrogens with two attached hydrogens (primary N) is 1.